The molecule has 0 bridgehead atoms. The van der Waals surface area contributed by atoms with Gasteiger partial charge in [0.2, 0.25) is 0 Å². The average Bonchev–Trinajstić information content (AvgIpc) is 3.15. The minimum atomic E-state index is -0.203. The first-order valence-electron chi connectivity index (χ1n) is 6.75. The predicted molar refractivity (Wildman–Crippen MR) is 95.8 cm³/mol. The molecule has 0 fully saturated rings. The Bertz CT molecular complexity index is 966. The Labute approximate surface area is 137 Å². The van der Waals surface area contributed by atoms with Gasteiger partial charge in [-0.2, -0.15) is 0 Å². The lowest BCUT2D eigenvalue weighted by atomic mass is 10.4. The van der Waals surface area contributed by atoms with Gasteiger partial charge in [-0.05, 0) is 25.5 Å². The van der Waals surface area contributed by atoms with Crippen LogP contribution in [0.25, 0.3) is 28.2 Å². The molecule has 0 radical (unpaired) electrons. The van der Waals surface area contributed by atoms with Crippen LogP contribution in [0.2, 0.25) is 0 Å². The van der Waals surface area contributed by atoms with Crippen LogP contribution >= 0.6 is 45.3 Å². The summed E-state index contributed by atoms with van der Waals surface area (Å²) >= 11 is 7.12. The van der Waals surface area contributed by atoms with Gasteiger partial charge in [0.05, 0.1) is 25.4 Å². The van der Waals surface area contributed by atoms with E-state index in [-0.39, 0.29) is 5.97 Å². The van der Waals surface area contributed by atoms with Gasteiger partial charge in [0.25, 0.3) is 0 Å². The minimum absolute atomic E-state index is 0.203. The average molecular weight is 353 g/mol. The molecule has 0 amide bonds. The Morgan fingerprint density at radius 2 is 1.62 bits per heavy atom. The zero-order valence-electron chi connectivity index (χ0n) is 11.5. The maximum absolute atomic E-state index is 11.9. The Morgan fingerprint density at radius 3 is 2.29 bits per heavy atom. The van der Waals surface area contributed by atoms with Crippen LogP contribution in [-0.2, 0) is 11.2 Å². The van der Waals surface area contributed by atoms with Crippen LogP contribution in [0.4, 0.5) is 0 Å². The highest BCUT2D eigenvalue weighted by molar-refractivity contribution is 7.44. The molecule has 108 valence electrons. The van der Waals surface area contributed by atoms with Crippen molar-refractivity contribution in [3.8, 4) is 0 Å². The summed E-state index contributed by atoms with van der Waals surface area (Å²) in [5, 5.41) is 0. The third kappa shape index (κ3) is 2.04. The van der Waals surface area contributed by atoms with E-state index >= 15 is 0 Å². The number of carbonyl (C=O) groups excluding carboxylic acids is 1. The standard InChI is InChI=1S/C15H12O2S4/c1-3-7-5-8-11(18-7)13-14(19-8)12-9(20-13)6-10(21-12)15(16)17-4-2/h5-6H,3-4H2,1-2H3. The molecule has 0 aliphatic carbocycles. The summed E-state index contributed by atoms with van der Waals surface area (Å²) < 4.78 is 13.1. The van der Waals surface area contributed by atoms with Gasteiger partial charge >= 0.3 is 5.97 Å². The Hall–Kier alpha value is -0.950. The molecule has 0 aromatic carbocycles. The molecule has 0 atom stereocenters. The number of esters is 1. The fourth-order valence-electron chi connectivity index (χ4n) is 2.35. The second-order valence-corrected chi connectivity index (χ2v) is 8.94. The monoisotopic (exact) mass is 352 g/mol. The SMILES string of the molecule is CCOC(=O)c1cc2sc3c4sc(CC)cc4sc3c2s1. The van der Waals surface area contributed by atoms with E-state index < -0.39 is 0 Å². The summed E-state index contributed by atoms with van der Waals surface area (Å²) in [6, 6.07) is 4.29. The van der Waals surface area contributed by atoms with Gasteiger partial charge in [-0.1, -0.05) is 6.92 Å². The highest BCUT2D eigenvalue weighted by Gasteiger charge is 2.19. The van der Waals surface area contributed by atoms with Gasteiger partial charge in [0.1, 0.15) is 4.88 Å². The van der Waals surface area contributed by atoms with Crippen LogP contribution in [0, 0.1) is 0 Å². The summed E-state index contributed by atoms with van der Waals surface area (Å²) in [4.78, 5) is 14.0. The van der Waals surface area contributed by atoms with Crippen molar-refractivity contribution in [3.63, 3.8) is 0 Å². The molecule has 0 saturated carbocycles. The Balaban J connectivity index is 1.91. The second kappa shape index (κ2) is 5.05. The van der Waals surface area contributed by atoms with Crippen molar-refractivity contribution >= 4 is 79.5 Å². The molecular formula is C15H12O2S4. The maximum atomic E-state index is 11.9. The molecule has 0 unspecified atom stereocenters. The van der Waals surface area contributed by atoms with Crippen molar-refractivity contribution < 1.29 is 9.53 Å². The van der Waals surface area contributed by atoms with Crippen molar-refractivity contribution in [3.05, 3.63) is 21.9 Å². The van der Waals surface area contributed by atoms with Gasteiger partial charge in [-0.15, -0.1) is 45.3 Å². The first kappa shape index (κ1) is 13.7. The van der Waals surface area contributed by atoms with Crippen molar-refractivity contribution in [1.29, 1.82) is 0 Å². The van der Waals surface area contributed by atoms with Crippen molar-refractivity contribution in [2.75, 3.05) is 6.61 Å². The van der Waals surface area contributed by atoms with Gasteiger partial charge in [0, 0.05) is 14.3 Å². The molecule has 2 nitrogen and oxygen atoms in total. The molecule has 0 aliphatic rings. The summed E-state index contributed by atoms with van der Waals surface area (Å²) in [6.07, 6.45) is 1.10. The first-order chi connectivity index (χ1) is 10.2. The molecular weight excluding hydrogens is 340 g/mol. The molecule has 6 heteroatoms. The Morgan fingerprint density at radius 1 is 0.952 bits per heavy atom. The number of aryl methyl sites for hydroxylation is 1. The fourth-order valence-corrected chi connectivity index (χ4v) is 7.84. The number of carbonyl (C=O) groups is 1. The minimum Gasteiger partial charge on any atom is -0.462 e. The molecule has 0 N–H and O–H groups in total. The quantitative estimate of drug-likeness (QED) is 0.414. The number of fused-ring (bicyclic) bond motifs is 5. The third-order valence-electron chi connectivity index (χ3n) is 3.31. The van der Waals surface area contributed by atoms with Crippen molar-refractivity contribution in [2.24, 2.45) is 0 Å². The number of thiophene rings is 4. The molecule has 4 aromatic heterocycles. The fraction of sp³-hybridized carbons (Fsp3) is 0.267. The van der Waals surface area contributed by atoms with Gasteiger partial charge in [-0.3, -0.25) is 0 Å². The lowest BCUT2D eigenvalue weighted by molar-refractivity contribution is 0.0532. The predicted octanol–water partition coefficient (Wildman–Crippen LogP) is 6.13. The van der Waals surface area contributed by atoms with E-state index in [0.717, 1.165) is 6.42 Å². The van der Waals surface area contributed by atoms with Crippen LogP contribution in [0.3, 0.4) is 0 Å². The summed E-state index contributed by atoms with van der Waals surface area (Å²) in [5.41, 5.74) is 0. The normalized spacial score (nSPS) is 11.9. The number of hydrogen-bond donors (Lipinski definition) is 0. The summed E-state index contributed by atoms with van der Waals surface area (Å²) in [7, 11) is 0. The summed E-state index contributed by atoms with van der Waals surface area (Å²) in [5.74, 6) is -0.203. The maximum Gasteiger partial charge on any atom is 0.348 e. The van der Waals surface area contributed by atoms with E-state index in [4.69, 9.17) is 4.74 Å². The largest absolute Gasteiger partial charge is 0.462 e. The van der Waals surface area contributed by atoms with Gasteiger partial charge in [0.15, 0.2) is 0 Å². The molecule has 4 rings (SSSR count). The lowest BCUT2D eigenvalue weighted by Gasteiger charge is -1.96. The van der Waals surface area contributed by atoms with Gasteiger partial charge < -0.3 is 4.74 Å². The number of rotatable bonds is 3. The summed E-state index contributed by atoms with van der Waals surface area (Å²) in [6.45, 7) is 4.46. The molecule has 0 aliphatic heterocycles. The molecule has 4 heterocycles. The van der Waals surface area contributed by atoms with E-state index in [1.807, 2.05) is 35.7 Å². The van der Waals surface area contributed by atoms with E-state index in [9.17, 15) is 4.79 Å². The van der Waals surface area contributed by atoms with Crippen LogP contribution in [0.1, 0.15) is 28.4 Å². The van der Waals surface area contributed by atoms with E-state index in [0.29, 0.717) is 11.5 Å². The van der Waals surface area contributed by atoms with Crippen LogP contribution in [0.15, 0.2) is 12.1 Å². The molecule has 21 heavy (non-hydrogen) atoms. The van der Waals surface area contributed by atoms with E-state index in [1.54, 1.807) is 22.7 Å². The van der Waals surface area contributed by atoms with E-state index in [2.05, 4.69) is 13.0 Å². The third-order valence-corrected chi connectivity index (χ3v) is 8.70. The first-order valence-corrected chi connectivity index (χ1v) is 10.0. The lowest BCUT2D eigenvalue weighted by Crippen LogP contribution is -2.01. The highest BCUT2D eigenvalue weighted by Crippen LogP contribution is 2.49. The number of ether oxygens (including phenoxy) is 1. The zero-order valence-corrected chi connectivity index (χ0v) is 14.8. The van der Waals surface area contributed by atoms with Crippen LogP contribution < -0.4 is 0 Å². The topological polar surface area (TPSA) is 26.3 Å². The van der Waals surface area contributed by atoms with Crippen LogP contribution in [-0.4, -0.2) is 12.6 Å². The van der Waals surface area contributed by atoms with Gasteiger partial charge in [-0.25, -0.2) is 4.79 Å². The van der Waals surface area contributed by atoms with Crippen molar-refractivity contribution in [2.45, 2.75) is 20.3 Å². The number of hydrogen-bond acceptors (Lipinski definition) is 6. The second-order valence-electron chi connectivity index (χ2n) is 4.65. The molecule has 0 saturated heterocycles. The Kier molecular flexibility index (Phi) is 3.29. The van der Waals surface area contributed by atoms with Crippen LogP contribution in [0.5, 0.6) is 0 Å². The highest BCUT2D eigenvalue weighted by atomic mass is 32.1. The van der Waals surface area contributed by atoms with Crippen molar-refractivity contribution in [1.82, 2.24) is 0 Å². The molecule has 0 spiro atoms. The zero-order chi connectivity index (χ0) is 14.6. The van der Waals surface area contributed by atoms with E-state index in [1.165, 1.54) is 33.1 Å². The molecule has 4 aromatic rings. The smallest absolute Gasteiger partial charge is 0.348 e.